The van der Waals surface area contributed by atoms with Crippen molar-refractivity contribution in [3.8, 4) is 5.75 Å². The quantitative estimate of drug-likeness (QED) is 0.168. The summed E-state index contributed by atoms with van der Waals surface area (Å²) in [5.74, 6) is -0.385. The second kappa shape index (κ2) is 14.9. The monoisotopic (exact) mass is 671 g/mol. The highest BCUT2D eigenvalue weighted by atomic mass is 32.2. The Morgan fingerprint density at radius 1 is 1.04 bits per heavy atom. The molecule has 0 radical (unpaired) electrons. The van der Waals surface area contributed by atoms with Gasteiger partial charge in [0.25, 0.3) is 21.8 Å². The standard InChI is InChI=1S/C36H41N5O6S/c1-24-20-41(25(2)23-42)36(44)30-19-28(39-48(45,46)29-9-5-4-6-10-29)17-18-33(30)47-34(24)22-40(3)21-26-13-15-27(16-14-26)35(43)38-32-12-8-7-11-31(32)37/h4-19,24-25,34,39,42H,20-23,37H2,1-3H3,(H,38,43)/t24-,25-,34-/m0/s1. The van der Waals surface area contributed by atoms with Crippen molar-refractivity contribution in [1.29, 1.82) is 0 Å². The van der Waals surface area contributed by atoms with Crippen LogP contribution >= 0.6 is 0 Å². The Hall–Kier alpha value is -4.91. The number of nitrogens with one attached hydrogen (secondary N) is 2. The van der Waals surface area contributed by atoms with Crippen molar-refractivity contribution < 1.29 is 27.9 Å². The van der Waals surface area contributed by atoms with E-state index in [1.54, 1.807) is 78.6 Å². The second-order valence-corrected chi connectivity index (χ2v) is 13.9. The fourth-order valence-electron chi connectivity index (χ4n) is 5.57. The van der Waals surface area contributed by atoms with E-state index < -0.39 is 16.1 Å². The maximum atomic E-state index is 13.8. The summed E-state index contributed by atoms with van der Waals surface area (Å²) in [4.78, 5) is 30.4. The molecule has 4 aromatic rings. The second-order valence-electron chi connectivity index (χ2n) is 12.2. The number of rotatable bonds is 11. The molecule has 1 heterocycles. The van der Waals surface area contributed by atoms with Crippen LogP contribution in [0, 0.1) is 5.92 Å². The molecule has 0 saturated carbocycles. The number of hydrogen-bond donors (Lipinski definition) is 4. The number of nitrogens with zero attached hydrogens (tertiary/aromatic N) is 2. The number of aliphatic hydroxyl groups excluding tert-OH is 1. The number of benzene rings is 4. The summed E-state index contributed by atoms with van der Waals surface area (Å²) in [6, 6.07) is 26.6. The molecule has 5 N–H and O–H groups in total. The van der Waals surface area contributed by atoms with E-state index in [4.69, 9.17) is 10.5 Å². The van der Waals surface area contributed by atoms with Gasteiger partial charge in [0.2, 0.25) is 0 Å². The van der Waals surface area contributed by atoms with E-state index in [-0.39, 0.29) is 46.6 Å². The maximum Gasteiger partial charge on any atom is 0.261 e. The number of carbonyl (C=O) groups excluding carboxylic acids is 2. The molecule has 0 unspecified atom stereocenters. The van der Waals surface area contributed by atoms with Crippen molar-refractivity contribution in [1.82, 2.24) is 9.80 Å². The van der Waals surface area contributed by atoms with Crippen LogP contribution in [0.2, 0.25) is 0 Å². The van der Waals surface area contributed by atoms with Crippen molar-refractivity contribution in [2.75, 3.05) is 42.5 Å². The normalized spacial score (nSPS) is 17.1. The fourth-order valence-corrected chi connectivity index (χ4v) is 6.64. The van der Waals surface area contributed by atoms with Crippen molar-refractivity contribution in [3.63, 3.8) is 0 Å². The van der Waals surface area contributed by atoms with Crippen molar-refractivity contribution in [2.24, 2.45) is 5.92 Å². The van der Waals surface area contributed by atoms with Gasteiger partial charge in [0.15, 0.2) is 0 Å². The first kappa shape index (κ1) is 34.4. The zero-order chi connectivity index (χ0) is 34.4. The van der Waals surface area contributed by atoms with Gasteiger partial charge in [0, 0.05) is 36.8 Å². The number of likely N-dealkylation sites (N-methyl/N-ethyl adjacent to an activating group) is 1. The van der Waals surface area contributed by atoms with E-state index in [0.29, 0.717) is 42.3 Å². The molecule has 0 fully saturated rings. The predicted molar refractivity (Wildman–Crippen MR) is 186 cm³/mol. The van der Waals surface area contributed by atoms with Crippen LogP contribution in [0.3, 0.4) is 0 Å². The molecule has 5 rings (SSSR count). The van der Waals surface area contributed by atoms with E-state index in [1.165, 1.54) is 18.2 Å². The lowest BCUT2D eigenvalue weighted by molar-refractivity contribution is 0.0341. The lowest BCUT2D eigenvalue weighted by atomic mass is 9.99. The molecule has 1 aliphatic heterocycles. The number of carbonyl (C=O) groups is 2. The molecular weight excluding hydrogens is 630 g/mol. The minimum absolute atomic E-state index is 0.0991. The summed E-state index contributed by atoms with van der Waals surface area (Å²) in [6.07, 6.45) is -0.344. The van der Waals surface area contributed by atoms with E-state index in [2.05, 4.69) is 14.9 Å². The lowest BCUT2D eigenvalue weighted by Crippen LogP contribution is -2.49. The minimum Gasteiger partial charge on any atom is -0.488 e. The van der Waals surface area contributed by atoms with Gasteiger partial charge in [-0.3, -0.25) is 19.2 Å². The largest absolute Gasteiger partial charge is 0.488 e. The average Bonchev–Trinajstić information content (AvgIpc) is 3.07. The van der Waals surface area contributed by atoms with Gasteiger partial charge in [-0.1, -0.05) is 49.4 Å². The summed E-state index contributed by atoms with van der Waals surface area (Å²) in [7, 11) is -1.92. The molecule has 0 bridgehead atoms. The van der Waals surface area contributed by atoms with Crippen molar-refractivity contribution in [2.45, 2.75) is 37.4 Å². The Morgan fingerprint density at radius 3 is 2.42 bits per heavy atom. The molecule has 12 heteroatoms. The van der Waals surface area contributed by atoms with E-state index >= 15 is 0 Å². The number of anilines is 3. The van der Waals surface area contributed by atoms with E-state index in [0.717, 1.165) is 5.56 Å². The predicted octanol–water partition coefficient (Wildman–Crippen LogP) is 4.67. The lowest BCUT2D eigenvalue weighted by Gasteiger charge is -2.38. The van der Waals surface area contributed by atoms with Gasteiger partial charge < -0.3 is 25.8 Å². The third-order valence-electron chi connectivity index (χ3n) is 8.34. The smallest absolute Gasteiger partial charge is 0.261 e. The van der Waals surface area contributed by atoms with Crippen LogP contribution in [-0.4, -0.2) is 74.0 Å². The number of aliphatic hydroxyl groups is 1. The van der Waals surface area contributed by atoms with Gasteiger partial charge in [-0.15, -0.1) is 0 Å². The zero-order valence-corrected chi connectivity index (χ0v) is 28.0. The summed E-state index contributed by atoms with van der Waals surface area (Å²) in [6.45, 7) is 4.95. The zero-order valence-electron chi connectivity index (χ0n) is 27.2. The van der Waals surface area contributed by atoms with Crippen LogP contribution < -0.4 is 20.5 Å². The maximum absolute atomic E-state index is 13.8. The number of sulfonamides is 1. The Kier molecular flexibility index (Phi) is 10.7. The highest BCUT2D eigenvalue weighted by Gasteiger charge is 2.34. The summed E-state index contributed by atoms with van der Waals surface area (Å²) < 4.78 is 35.0. The third-order valence-corrected chi connectivity index (χ3v) is 9.74. The van der Waals surface area contributed by atoms with Crippen LogP contribution in [0.1, 0.15) is 40.1 Å². The van der Waals surface area contributed by atoms with Crippen LogP contribution in [0.15, 0.2) is 102 Å². The minimum atomic E-state index is -3.89. The van der Waals surface area contributed by atoms with Gasteiger partial charge >= 0.3 is 0 Å². The molecule has 4 aromatic carbocycles. The average molecular weight is 672 g/mol. The molecule has 1 aliphatic rings. The number of amides is 2. The summed E-state index contributed by atoms with van der Waals surface area (Å²) >= 11 is 0. The van der Waals surface area contributed by atoms with E-state index in [1.807, 2.05) is 26.1 Å². The Bertz CT molecular complexity index is 1850. The SMILES string of the molecule is C[C@H]1CN([C@@H](C)CO)C(=O)c2cc(NS(=O)(=O)c3ccccc3)ccc2O[C@H]1CN(C)Cc1ccc(C(=O)Nc2ccccc2N)cc1. The Labute approximate surface area is 281 Å². The number of hydrogen-bond acceptors (Lipinski definition) is 8. The van der Waals surface area contributed by atoms with Gasteiger partial charge in [-0.2, -0.15) is 0 Å². The first-order valence-electron chi connectivity index (χ1n) is 15.7. The van der Waals surface area contributed by atoms with Crippen LogP contribution in [0.25, 0.3) is 0 Å². The molecule has 3 atom stereocenters. The molecule has 48 heavy (non-hydrogen) atoms. The van der Waals surface area contributed by atoms with Crippen molar-refractivity contribution >= 4 is 38.9 Å². The van der Waals surface area contributed by atoms with Crippen LogP contribution in [0.4, 0.5) is 17.1 Å². The number of fused-ring (bicyclic) bond motifs is 1. The van der Waals surface area contributed by atoms with Crippen LogP contribution in [0.5, 0.6) is 5.75 Å². The third kappa shape index (κ3) is 8.14. The highest BCUT2D eigenvalue weighted by molar-refractivity contribution is 7.92. The topological polar surface area (TPSA) is 154 Å². The molecule has 2 amide bonds. The fraction of sp³-hybridized carbons (Fsp3) is 0.278. The number of nitrogen functional groups attached to an aromatic ring is 1. The van der Waals surface area contributed by atoms with Gasteiger partial charge in [0.1, 0.15) is 11.9 Å². The summed E-state index contributed by atoms with van der Waals surface area (Å²) in [5, 5.41) is 12.8. The molecule has 0 saturated heterocycles. The molecule has 0 aliphatic carbocycles. The van der Waals surface area contributed by atoms with E-state index in [9.17, 15) is 23.1 Å². The number of ether oxygens (including phenoxy) is 1. The van der Waals surface area contributed by atoms with Crippen molar-refractivity contribution in [3.05, 3.63) is 114 Å². The van der Waals surface area contributed by atoms with Gasteiger partial charge in [-0.05, 0) is 74.1 Å². The van der Waals surface area contributed by atoms with Crippen LogP contribution in [-0.2, 0) is 16.6 Å². The van der Waals surface area contributed by atoms with Gasteiger partial charge in [0.05, 0.1) is 34.5 Å². The molecule has 252 valence electrons. The Morgan fingerprint density at radius 2 is 1.73 bits per heavy atom. The first-order chi connectivity index (χ1) is 22.9. The molecular formula is C36H41N5O6S. The van der Waals surface area contributed by atoms with Gasteiger partial charge in [-0.25, -0.2) is 8.42 Å². The number of para-hydroxylation sites is 2. The summed E-state index contributed by atoms with van der Waals surface area (Å²) in [5.41, 5.74) is 8.92. The number of nitrogens with two attached hydrogens (primary N) is 1. The Balaban J connectivity index is 1.32. The molecule has 0 spiro atoms. The highest BCUT2D eigenvalue weighted by Crippen LogP contribution is 2.31. The molecule has 0 aromatic heterocycles. The molecule has 11 nitrogen and oxygen atoms in total. The first-order valence-corrected chi connectivity index (χ1v) is 17.2.